The summed E-state index contributed by atoms with van der Waals surface area (Å²) < 4.78 is 0. The molecule has 15 nitrogen and oxygen atoms in total. The molecule has 5 radical (unpaired) electrons. The van der Waals surface area contributed by atoms with E-state index in [0.717, 1.165) is 115 Å². The summed E-state index contributed by atoms with van der Waals surface area (Å²) in [4.78, 5) is 73.5. The summed E-state index contributed by atoms with van der Waals surface area (Å²) in [5.41, 5.74) is 32.1. The molecule has 15 rings (SSSR count). The molecule has 20 heteroatoms. The average Bonchev–Trinajstić information content (AvgIpc) is 0.809. The zero-order valence-corrected chi connectivity index (χ0v) is 97.9. The Kier molecular flexibility index (Phi) is 60.9. The number of pyridine rings is 5. The molecule has 0 aliphatic heterocycles. The molecule has 0 fully saturated rings. The second kappa shape index (κ2) is 67.5. The quantitative estimate of drug-likeness (QED) is 0.0304. The molecule has 0 aliphatic carbocycles. The van der Waals surface area contributed by atoms with E-state index in [1.165, 1.54) is 183 Å². The fourth-order valence-corrected chi connectivity index (χ4v) is 14.4. The normalized spacial score (nSPS) is 10.7. The number of fused-ring (bicyclic) bond motifs is 3. The monoisotopic (exact) mass is 2800 g/mol. The molecule has 0 bridgehead atoms. The number of allylic oxidation sites excluding steroid dienone is 10. The number of aromatic nitrogens is 5. The Hall–Kier alpha value is -12.0. The van der Waals surface area contributed by atoms with Crippen LogP contribution in [0.2, 0.25) is 0 Å². The van der Waals surface area contributed by atoms with Gasteiger partial charge in [-0.25, -0.2) is 0 Å². The molecule has 15 aromatic rings. The van der Waals surface area contributed by atoms with Crippen molar-refractivity contribution in [1.29, 1.82) is 0 Å². The number of carbonyl (C=O) groups excluding carboxylic acids is 5. The molecule has 5 heterocycles. The topological polar surface area (TPSA) is 251 Å². The van der Waals surface area contributed by atoms with Crippen molar-refractivity contribution in [3.8, 4) is 78.5 Å². The fourth-order valence-electron chi connectivity index (χ4n) is 14.4. The van der Waals surface area contributed by atoms with Gasteiger partial charge in [0.1, 0.15) is 0 Å². The summed E-state index contributed by atoms with van der Waals surface area (Å²) in [5, 5.41) is 45.5. The van der Waals surface area contributed by atoms with Crippen molar-refractivity contribution in [2.75, 3.05) is 0 Å². The van der Waals surface area contributed by atoms with Gasteiger partial charge in [-0.2, -0.15) is 0 Å². The summed E-state index contributed by atoms with van der Waals surface area (Å²) in [6, 6.07) is 103. The third kappa shape index (κ3) is 50.2. The Bertz CT molecular complexity index is 6450. The van der Waals surface area contributed by atoms with Crippen LogP contribution in [0.5, 0.6) is 0 Å². The van der Waals surface area contributed by atoms with Crippen LogP contribution < -0.4 is 0 Å². The first-order valence-corrected chi connectivity index (χ1v) is 46.1. The molecule has 5 aromatic heterocycles. The number of benzene rings is 10. The van der Waals surface area contributed by atoms with E-state index in [-0.39, 0.29) is 158 Å². The van der Waals surface area contributed by atoms with Crippen molar-refractivity contribution < 1.29 is 150 Å². The van der Waals surface area contributed by atoms with E-state index in [0.29, 0.717) is 11.8 Å². The first kappa shape index (κ1) is 129. The number of hydrogen-bond acceptors (Lipinski definition) is 15. The predicted molar refractivity (Wildman–Crippen MR) is 570 cm³/mol. The third-order valence-corrected chi connectivity index (χ3v) is 19.7. The minimum Gasteiger partial charge on any atom is -0.512 e. The van der Waals surface area contributed by atoms with Gasteiger partial charge in [0, 0.05) is 149 Å². The Morgan fingerprint density at radius 2 is 0.664 bits per heavy atom. The van der Waals surface area contributed by atoms with Crippen molar-refractivity contribution in [3.05, 3.63) is 412 Å². The van der Waals surface area contributed by atoms with Crippen LogP contribution in [-0.4, -0.2) is 79.4 Å². The largest absolute Gasteiger partial charge is 0.512 e. The number of aliphatic hydroxyl groups is 5. The molecule has 0 saturated carbocycles. The minimum atomic E-state index is -0.125. The Morgan fingerprint density at radius 3 is 1.01 bits per heavy atom. The summed E-state index contributed by atoms with van der Waals surface area (Å²) >= 11 is 0. The zero-order valence-electron chi connectivity index (χ0n) is 85.9. The maximum absolute atomic E-state index is 10.0. The molecule has 0 saturated heterocycles. The van der Waals surface area contributed by atoms with Gasteiger partial charge in [0.2, 0.25) is 0 Å². The van der Waals surface area contributed by atoms with Gasteiger partial charge in [-0.1, -0.05) is 227 Å². The van der Waals surface area contributed by atoms with Crippen molar-refractivity contribution in [3.63, 3.8) is 0 Å². The van der Waals surface area contributed by atoms with Crippen molar-refractivity contribution in [1.82, 2.24) is 24.9 Å². The molecule has 0 aliphatic rings. The molecule has 759 valence electrons. The van der Waals surface area contributed by atoms with Gasteiger partial charge in [-0.15, -0.1) is 176 Å². The van der Waals surface area contributed by atoms with E-state index >= 15 is 0 Å². The zero-order chi connectivity index (χ0) is 102. The Morgan fingerprint density at radius 1 is 0.308 bits per heavy atom. The summed E-state index contributed by atoms with van der Waals surface area (Å²) in [6.45, 7) is 42.3. The van der Waals surface area contributed by atoms with E-state index in [9.17, 15) is 24.0 Å². The van der Waals surface area contributed by atoms with Gasteiger partial charge in [0.25, 0.3) is 0 Å². The van der Waals surface area contributed by atoms with Gasteiger partial charge < -0.3 is 35.5 Å². The molecule has 5 N–H and O–H groups in total. The Balaban J connectivity index is 0.000000818. The van der Waals surface area contributed by atoms with Crippen LogP contribution in [0.15, 0.2) is 320 Å². The molecule has 0 unspecified atom stereocenters. The smallest absolute Gasteiger partial charge is 0.155 e. The van der Waals surface area contributed by atoms with Gasteiger partial charge in [-0.05, 0) is 223 Å². The van der Waals surface area contributed by atoms with E-state index in [4.69, 9.17) is 40.5 Å². The summed E-state index contributed by atoms with van der Waals surface area (Å²) in [6.07, 6.45) is 14.0. The second-order valence-electron chi connectivity index (χ2n) is 35.0. The standard InChI is InChI=1S/2C21H22N.C20H20N.2C18H14N.5C5H8O2.5Ir/c1-14(2)9-17-5-6-18-7-8-20(22-21(18)13-17)19-11-15(3)10-16(4)12-19;1-14(2)10-17-6-5-7-21-19(17)8-9-20(22-21)18-12-15(3)11-16(4)13-18;1-4-5-16-6-7-17-8-9-19(21-20(17)13-16)18-11-14(2)10-15(3)12-18;1-14-6-5-9-16(12-14)17-10-11-19-18(13-17)15-7-3-2-4-8-15;1-14-7-9-15(10-8-14)17-11-12-19-18(13-17)16-5-3-2-4-6-16;5*1-4(6)3-5(2)7;;;;;/h5-8,10-11,13-14H,9H2,1-4H3;5-9,11-12,14H,10H2,1-4H3;6-11,13H,4-5H2,1-3H3;2-7,9-13H,1H3;2-5,7-13H,1H3;5*3,6H,1-2H3;;;;;/q5*-1;;;;;;;;;;. The first-order chi connectivity index (χ1) is 65.5. The minimum absolute atomic E-state index is 0. The summed E-state index contributed by atoms with van der Waals surface area (Å²) in [7, 11) is 0. The molecule has 0 spiro atoms. The van der Waals surface area contributed by atoms with Crippen LogP contribution in [0.25, 0.3) is 111 Å². The van der Waals surface area contributed by atoms with Gasteiger partial charge in [0.05, 0.1) is 45.3 Å². The molecule has 0 atom stereocenters. The number of carbonyl (C=O) groups is 5. The first-order valence-electron chi connectivity index (χ1n) is 46.1. The van der Waals surface area contributed by atoms with Gasteiger partial charge in [0.15, 0.2) is 28.9 Å². The molecule has 0 amide bonds. The SMILES string of the molecule is CC(=O)C=C(C)O.CC(=O)C=C(C)O.CC(=O)C=C(C)O.CC(=O)C=C(C)O.CC(=O)C=C(C)O.CCCc1ccc2ccc(-c3[c-]c(C)cc(C)c3)nc2c1.Cc1[c-]c(-c2ccc3c(CC(C)C)cccc3n2)cc(C)c1.Cc1[c-]c(-c2ccc3ccc(CC(C)C)cc3n2)cc(C)c1.Cc1ccc(-c2ccnc(-c3[c-]cccc3)c2)cc1.Cc1cccc(-c2ccnc(-c3[c-]cccc3)c2)c1.[Ir].[Ir].[Ir].[Ir].[Ir]. The number of hydrogen-bond donors (Lipinski definition) is 5. The predicted octanol–water partition coefficient (Wildman–Crippen LogP) is 30.5. The number of aryl methyl sites for hydroxylation is 9. The number of ketones is 5. The van der Waals surface area contributed by atoms with Crippen LogP contribution in [-0.2, 0) is 144 Å². The van der Waals surface area contributed by atoms with Crippen LogP contribution >= 0.6 is 0 Å². The van der Waals surface area contributed by atoms with Gasteiger partial charge in [-0.3, -0.25) is 38.9 Å². The number of nitrogens with zero attached hydrogens (tertiary/aromatic N) is 5. The maximum atomic E-state index is 10.0. The van der Waals surface area contributed by atoms with E-state index in [1.54, 1.807) is 0 Å². The number of aliphatic hydroxyl groups excluding tert-OH is 5. The number of rotatable bonds is 18. The van der Waals surface area contributed by atoms with Crippen LogP contribution in [0.4, 0.5) is 0 Å². The van der Waals surface area contributed by atoms with Crippen LogP contribution in [0.3, 0.4) is 0 Å². The van der Waals surface area contributed by atoms with E-state index in [1.807, 2.05) is 73.1 Å². The maximum Gasteiger partial charge on any atom is 0.155 e. The molecule has 10 aromatic carbocycles. The fraction of sp³-hybridized carbons (Fsp3) is 0.236. The Labute approximate surface area is 915 Å². The van der Waals surface area contributed by atoms with Crippen LogP contribution in [0, 0.1) is 97.6 Å². The molecular formula is C123H132Ir5N5O10-5. The average molecular weight is 2800 g/mol. The van der Waals surface area contributed by atoms with Crippen molar-refractivity contribution in [2.24, 2.45) is 11.8 Å². The van der Waals surface area contributed by atoms with E-state index < -0.39 is 0 Å². The van der Waals surface area contributed by atoms with Crippen molar-refractivity contribution >= 4 is 61.6 Å². The van der Waals surface area contributed by atoms with Crippen molar-refractivity contribution in [2.45, 2.75) is 185 Å². The summed E-state index contributed by atoms with van der Waals surface area (Å²) in [5.74, 6) is 0.999. The molecular weight excluding hydrogens is 2670 g/mol. The molecule has 143 heavy (non-hydrogen) atoms. The van der Waals surface area contributed by atoms with Crippen LogP contribution in [0.1, 0.15) is 171 Å². The van der Waals surface area contributed by atoms with Gasteiger partial charge >= 0.3 is 0 Å². The third-order valence-electron chi connectivity index (χ3n) is 19.7. The second-order valence-corrected chi connectivity index (χ2v) is 35.0. The van der Waals surface area contributed by atoms with E-state index in [2.05, 4.69) is 318 Å².